The molecule has 0 aliphatic carbocycles. The van der Waals surface area contributed by atoms with Crippen molar-refractivity contribution < 1.29 is 4.79 Å². The van der Waals surface area contributed by atoms with Crippen LogP contribution in [0, 0.1) is 6.92 Å². The summed E-state index contributed by atoms with van der Waals surface area (Å²) < 4.78 is 0. The average molecular weight is 313 g/mol. The molecular weight excluding hydrogens is 294 g/mol. The van der Waals surface area contributed by atoms with Gasteiger partial charge in [0.05, 0.1) is 10.9 Å². The number of aryl methyl sites for hydroxylation is 1. The second-order valence-corrected chi connectivity index (χ2v) is 6.15. The van der Waals surface area contributed by atoms with E-state index >= 15 is 0 Å². The molecule has 1 amide bonds. The molecule has 0 aliphatic rings. The van der Waals surface area contributed by atoms with Crippen molar-refractivity contribution in [1.29, 1.82) is 0 Å². The van der Waals surface area contributed by atoms with Crippen molar-refractivity contribution in [2.75, 3.05) is 6.54 Å². The highest BCUT2D eigenvalue weighted by Crippen LogP contribution is 2.24. The third-order valence-corrected chi connectivity index (χ3v) is 3.94. The summed E-state index contributed by atoms with van der Waals surface area (Å²) in [6.07, 6.45) is 1.66. The largest absolute Gasteiger partial charge is 0.352 e. The predicted molar refractivity (Wildman–Crippen MR) is 90.7 cm³/mol. The lowest BCUT2D eigenvalue weighted by molar-refractivity contribution is -0.120. The van der Waals surface area contributed by atoms with Crippen LogP contribution in [0.4, 0.5) is 0 Å². The number of amides is 1. The van der Waals surface area contributed by atoms with Gasteiger partial charge in [0.25, 0.3) is 0 Å². The molecule has 1 N–H and O–H groups in total. The van der Waals surface area contributed by atoms with Crippen molar-refractivity contribution in [3.63, 3.8) is 0 Å². The molecule has 0 aliphatic heterocycles. The average Bonchev–Trinajstić information content (AvgIpc) is 2.52. The van der Waals surface area contributed by atoms with Crippen LogP contribution >= 0.6 is 11.8 Å². The Morgan fingerprint density at radius 1 is 1.36 bits per heavy atom. The first kappa shape index (κ1) is 16.2. The molecule has 2 rings (SSSR count). The molecule has 1 atom stereocenters. The lowest BCUT2D eigenvalue weighted by atomic mass is 10.1. The van der Waals surface area contributed by atoms with Gasteiger partial charge in [-0.3, -0.25) is 4.79 Å². The Bertz CT molecular complexity index is 658. The molecule has 0 radical (unpaired) electrons. The molecule has 0 saturated heterocycles. The SMILES string of the molecule is C=CCNC(=O)[C@H](C)Sc1nc(C)cc(-c2ccccc2)n1. The summed E-state index contributed by atoms with van der Waals surface area (Å²) in [7, 11) is 0. The van der Waals surface area contributed by atoms with E-state index in [-0.39, 0.29) is 11.2 Å². The van der Waals surface area contributed by atoms with Crippen molar-refractivity contribution in [2.45, 2.75) is 24.3 Å². The zero-order chi connectivity index (χ0) is 15.9. The van der Waals surface area contributed by atoms with Gasteiger partial charge in [-0.15, -0.1) is 6.58 Å². The Morgan fingerprint density at radius 3 is 2.77 bits per heavy atom. The third-order valence-electron chi connectivity index (χ3n) is 2.98. The van der Waals surface area contributed by atoms with E-state index < -0.39 is 0 Å². The summed E-state index contributed by atoms with van der Waals surface area (Å²) in [6.45, 7) is 7.83. The molecule has 5 heteroatoms. The first-order valence-electron chi connectivity index (χ1n) is 7.06. The van der Waals surface area contributed by atoms with Crippen molar-refractivity contribution in [1.82, 2.24) is 15.3 Å². The number of hydrogen-bond acceptors (Lipinski definition) is 4. The normalized spacial score (nSPS) is 11.7. The highest BCUT2D eigenvalue weighted by Gasteiger charge is 2.16. The van der Waals surface area contributed by atoms with E-state index in [0.29, 0.717) is 11.7 Å². The predicted octanol–water partition coefficient (Wildman–Crippen LogP) is 3.23. The van der Waals surface area contributed by atoms with Gasteiger partial charge < -0.3 is 5.32 Å². The van der Waals surface area contributed by atoms with E-state index in [9.17, 15) is 4.79 Å². The lowest BCUT2D eigenvalue weighted by Crippen LogP contribution is -2.31. The van der Waals surface area contributed by atoms with Gasteiger partial charge >= 0.3 is 0 Å². The molecule has 22 heavy (non-hydrogen) atoms. The van der Waals surface area contributed by atoms with Gasteiger partial charge in [-0.25, -0.2) is 9.97 Å². The quantitative estimate of drug-likeness (QED) is 0.505. The van der Waals surface area contributed by atoms with Crippen molar-refractivity contribution in [3.05, 3.63) is 54.7 Å². The summed E-state index contributed by atoms with van der Waals surface area (Å²) >= 11 is 1.36. The zero-order valence-electron chi connectivity index (χ0n) is 12.7. The van der Waals surface area contributed by atoms with E-state index in [4.69, 9.17) is 0 Å². The van der Waals surface area contributed by atoms with Crippen LogP contribution in [0.15, 0.2) is 54.2 Å². The lowest BCUT2D eigenvalue weighted by Gasteiger charge is -2.11. The minimum Gasteiger partial charge on any atom is -0.352 e. The molecule has 1 aromatic carbocycles. The number of carbonyl (C=O) groups is 1. The maximum absolute atomic E-state index is 11.9. The van der Waals surface area contributed by atoms with Gasteiger partial charge in [0.2, 0.25) is 5.91 Å². The molecular formula is C17H19N3OS. The molecule has 0 fully saturated rings. The van der Waals surface area contributed by atoms with E-state index in [2.05, 4.69) is 21.9 Å². The number of benzene rings is 1. The van der Waals surface area contributed by atoms with Gasteiger partial charge in [0.15, 0.2) is 5.16 Å². The van der Waals surface area contributed by atoms with Crippen LogP contribution in [0.2, 0.25) is 0 Å². The van der Waals surface area contributed by atoms with Gasteiger partial charge in [0, 0.05) is 17.8 Å². The first-order chi connectivity index (χ1) is 10.6. The van der Waals surface area contributed by atoms with E-state index in [1.54, 1.807) is 6.08 Å². The summed E-state index contributed by atoms with van der Waals surface area (Å²) in [4.78, 5) is 20.9. The van der Waals surface area contributed by atoms with Crippen LogP contribution in [-0.2, 0) is 4.79 Å². The molecule has 114 valence electrons. The van der Waals surface area contributed by atoms with E-state index in [0.717, 1.165) is 17.0 Å². The minimum absolute atomic E-state index is 0.0451. The fraction of sp³-hybridized carbons (Fsp3) is 0.235. The number of aromatic nitrogens is 2. The number of hydrogen-bond donors (Lipinski definition) is 1. The second kappa shape index (κ2) is 7.75. The molecule has 0 saturated carbocycles. The molecule has 0 bridgehead atoms. The van der Waals surface area contributed by atoms with Gasteiger partial charge in [-0.2, -0.15) is 0 Å². The maximum Gasteiger partial charge on any atom is 0.233 e. The number of nitrogens with zero attached hydrogens (tertiary/aromatic N) is 2. The third kappa shape index (κ3) is 4.43. The molecule has 0 spiro atoms. The number of rotatable bonds is 6. The number of nitrogens with one attached hydrogen (secondary N) is 1. The van der Waals surface area contributed by atoms with E-state index in [1.165, 1.54) is 11.8 Å². The molecule has 4 nitrogen and oxygen atoms in total. The van der Waals surface area contributed by atoms with Crippen LogP contribution in [0.25, 0.3) is 11.3 Å². The van der Waals surface area contributed by atoms with Gasteiger partial charge in [0.1, 0.15) is 0 Å². The fourth-order valence-corrected chi connectivity index (χ4v) is 2.73. The summed E-state index contributed by atoms with van der Waals surface area (Å²) in [5.41, 5.74) is 2.79. The van der Waals surface area contributed by atoms with Crippen molar-refractivity contribution >= 4 is 17.7 Å². The van der Waals surface area contributed by atoms with Crippen molar-refractivity contribution in [2.24, 2.45) is 0 Å². The minimum atomic E-state index is -0.259. The Kier molecular flexibility index (Phi) is 5.72. The molecule has 0 unspecified atom stereocenters. The number of carbonyl (C=O) groups excluding carboxylic acids is 1. The van der Waals surface area contributed by atoms with Crippen LogP contribution < -0.4 is 5.32 Å². The zero-order valence-corrected chi connectivity index (χ0v) is 13.6. The Morgan fingerprint density at radius 2 is 2.09 bits per heavy atom. The summed E-state index contributed by atoms with van der Waals surface area (Å²) in [6, 6.07) is 11.9. The van der Waals surface area contributed by atoms with Crippen LogP contribution in [0.1, 0.15) is 12.6 Å². The summed E-state index contributed by atoms with van der Waals surface area (Å²) in [5, 5.41) is 3.13. The van der Waals surface area contributed by atoms with Crippen molar-refractivity contribution in [3.8, 4) is 11.3 Å². The molecule has 2 aromatic rings. The van der Waals surface area contributed by atoms with Crippen LogP contribution in [0.3, 0.4) is 0 Å². The van der Waals surface area contributed by atoms with Crippen LogP contribution in [-0.4, -0.2) is 27.7 Å². The Hall–Kier alpha value is -2.14. The Labute approximate surface area is 135 Å². The maximum atomic E-state index is 11.9. The second-order valence-electron chi connectivity index (χ2n) is 4.84. The molecule has 1 heterocycles. The van der Waals surface area contributed by atoms with Crippen LogP contribution in [0.5, 0.6) is 0 Å². The number of thioether (sulfide) groups is 1. The topological polar surface area (TPSA) is 54.9 Å². The monoisotopic (exact) mass is 313 g/mol. The highest BCUT2D eigenvalue weighted by atomic mass is 32.2. The Balaban J connectivity index is 2.16. The fourth-order valence-electron chi connectivity index (χ4n) is 1.88. The summed E-state index contributed by atoms with van der Waals surface area (Å²) in [5.74, 6) is -0.0451. The smallest absolute Gasteiger partial charge is 0.233 e. The molecule has 1 aromatic heterocycles. The van der Waals surface area contributed by atoms with E-state index in [1.807, 2.05) is 50.2 Å². The first-order valence-corrected chi connectivity index (χ1v) is 7.94. The van der Waals surface area contributed by atoms with Gasteiger partial charge in [-0.05, 0) is 19.9 Å². The highest BCUT2D eigenvalue weighted by molar-refractivity contribution is 8.00. The standard InChI is InChI=1S/C17H19N3OS/c1-4-10-18-16(21)13(3)22-17-19-12(2)11-15(20-17)14-8-6-5-7-9-14/h4-9,11,13H,1,10H2,2-3H3,(H,18,21)/t13-/m0/s1. The van der Waals surface area contributed by atoms with Gasteiger partial charge in [-0.1, -0.05) is 48.2 Å².